The zero-order valence-electron chi connectivity index (χ0n) is 11.7. The van der Waals surface area contributed by atoms with Crippen LogP contribution in [0, 0.1) is 0 Å². The molecule has 0 aliphatic carbocycles. The second-order valence-corrected chi connectivity index (χ2v) is 5.28. The molecule has 0 aliphatic rings. The van der Waals surface area contributed by atoms with E-state index in [-0.39, 0.29) is 5.56 Å². The molecule has 1 heterocycles. The molecule has 0 saturated heterocycles. The number of nitrogens with one attached hydrogen (secondary N) is 1. The number of rotatable bonds is 3. The van der Waals surface area contributed by atoms with Gasteiger partial charge in [0.05, 0.1) is 16.9 Å². The van der Waals surface area contributed by atoms with Crippen LogP contribution in [0.15, 0.2) is 32.9 Å². The van der Waals surface area contributed by atoms with Gasteiger partial charge in [0.15, 0.2) is 0 Å². The number of nitrogens with zero attached hydrogens (tertiary/aromatic N) is 3. The fraction of sp³-hybridized carbons (Fsp3) is 0.154. The first-order chi connectivity index (χ1) is 10.3. The van der Waals surface area contributed by atoms with Crippen LogP contribution in [0.2, 0.25) is 10.0 Å². The van der Waals surface area contributed by atoms with E-state index in [4.69, 9.17) is 23.2 Å². The monoisotopic (exact) mass is 342 g/mol. The van der Waals surface area contributed by atoms with Gasteiger partial charge in [-0.05, 0) is 18.2 Å². The minimum atomic E-state index is -0.664. The van der Waals surface area contributed by atoms with Gasteiger partial charge in [0.1, 0.15) is 5.56 Å². The van der Waals surface area contributed by atoms with E-state index in [2.05, 4.69) is 10.5 Å². The van der Waals surface area contributed by atoms with Crippen molar-refractivity contribution in [2.24, 2.45) is 19.2 Å². The number of halogens is 2. The molecule has 0 bridgehead atoms. The molecule has 2 rings (SSSR count). The third-order valence-electron chi connectivity index (χ3n) is 2.97. The molecule has 2 N–H and O–H groups in total. The molecule has 0 amide bonds. The van der Waals surface area contributed by atoms with E-state index in [1.54, 1.807) is 18.2 Å². The highest BCUT2D eigenvalue weighted by Gasteiger charge is 2.12. The largest absolute Gasteiger partial charge is 0.494 e. The Kier molecular flexibility index (Phi) is 4.58. The number of hydrazone groups is 1. The van der Waals surface area contributed by atoms with Gasteiger partial charge in [0.2, 0.25) is 5.88 Å². The van der Waals surface area contributed by atoms with Crippen molar-refractivity contribution in [3.8, 4) is 5.88 Å². The number of aromatic nitrogens is 2. The van der Waals surface area contributed by atoms with Gasteiger partial charge in [0, 0.05) is 19.1 Å². The van der Waals surface area contributed by atoms with Crippen LogP contribution >= 0.6 is 23.2 Å². The predicted octanol–water partition coefficient (Wildman–Crippen LogP) is 1.54. The molecule has 2 aromatic rings. The summed E-state index contributed by atoms with van der Waals surface area (Å²) in [5.41, 5.74) is 1.63. The average molecular weight is 343 g/mol. The van der Waals surface area contributed by atoms with Gasteiger partial charge in [0.25, 0.3) is 5.56 Å². The van der Waals surface area contributed by atoms with Gasteiger partial charge in [-0.15, -0.1) is 0 Å². The van der Waals surface area contributed by atoms with E-state index in [9.17, 15) is 14.7 Å². The molecule has 7 nitrogen and oxygen atoms in total. The molecule has 0 spiro atoms. The van der Waals surface area contributed by atoms with Crippen LogP contribution in [0.5, 0.6) is 5.88 Å². The topological polar surface area (TPSA) is 88.6 Å². The van der Waals surface area contributed by atoms with Crippen LogP contribution in [-0.4, -0.2) is 20.5 Å². The standard InChI is InChI=1S/C13H12Cl2N4O3/c1-18-11(20)8(12(21)19(2)13(18)22)6-16-17-10-5-7(14)3-4-9(10)15/h3-6,17,20H,1-2H3. The Morgan fingerprint density at radius 1 is 1.23 bits per heavy atom. The number of aromatic hydroxyl groups is 1. The summed E-state index contributed by atoms with van der Waals surface area (Å²) in [6, 6.07) is 4.76. The lowest BCUT2D eigenvalue weighted by Crippen LogP contribution is -2.38. The number of anilines is 1. The first-order valence-electron chi connectivity index (χ1n) is 6.06. The minimum absolute atomic E-state index is 0.129. The van der Waals surface area contributed by atoms with Crippen LogP contribution in [-0.2, 0) is 14.1 Å². The van der Waals surface area contributed by atoms with Crippen molar-refractivity contribution >= 4 is 35.1 Å². The summed E-state index contributed by atoms with van der Waals surface area (Å²) in [6.07, 6.45) is 1.11. The van der Waals surface area contributed by atoms with E-state index in [1.807, 2.05) is 0 Å². The maximum atomic E-state index is 11.9. The Bertz CT molecular complexity index is 871. The fourth-order valence-electron chi connectivity index (χ4n) is 1.72. The predicted molar refractivity (Wildman–Crippen MR) is 86.3 cm³/mol. The van der Waals surface area contributed by atoms with Crippen molar-refractivity contribution in [2.75, 3.05) is 5.43 Å². The first kappa shape index (κ1) is 16.1. The Labute approximate surface area is 135 Å². The summed E-state index contributed by atoms with van der Waals surface area (Å²) in [5, 5.41) is 14.6. The molecule has 0 radical (unpaired) electrons. The molecule has 0 atom stereocenters. The maximum absolute atomic E-state index is 11.9. The van der Waals surface area contributed by atoms with Crippen molar-refractivity contribution in [3.63, 3.8) is 0 Å². The minimum Gasteiger partial charge on any atom is -0.494 e. The second kappa shape index (κ2) is 6.25. The van der Waals surface area contributed by atoms with Crippen LogP contribution < -0.4 is 16.7 Å². The summed E-state index contributed by atoms with van der Waals surface area (Å²) in [7, 11) is 2.65. The molecule has 22 heavy (non-hydrogen) atoms. The van der Waals surface area contributed by atoms with Crippen molar-refractivity contribution in [2.45, 2.75) is 0 Å². The van der Waals surface area contributed by atoms with Gasteiger partial charge in [-0.25, -0.2) is 4.79 Å². The second-order valence-electron chi connectivity index (χ2n) is 4.44. The molecule has 0 fully saturated rings. The SMILES string of the molecule is Cn1c(O)c(C=NNc2cc(Cl)ccc2Cl)c(=O)n(C)c1=O. The Balaban J connectivity index is 2.38. The van der Waals surface area contributed by atoms with Crippen LogP contribution in [0.4, 0.5) is 5.69 Å². The van der Waals surface area contributed by atoms with Gasteiger partial charge >= 0.3 is 5.69 Å². The molecule has 0 aliphatic heterocycles. The summed E-state index contributed by atoms with van der Waals surface area (Å²) < 4.78 is 1.81. The third kappa shape index (κ3) is 3.00. The van der Waals surface area contributed by atoms with Gasteiger partial charge in [-0.2, -0.15) is 5.10 Å². The van der Waals surface area contributed by atoms with E-state index in [0.29, 0.717) is 15.7 Å². The molecular formula is C13H12Cl2N4O3. The highest BCUT2D eigenvalue weighted by atomic mass is 35.5. The Morgan fingerprint density at radius 2 is 1.91 bits per heavy atom. The quantitative estimate of drug-likeness (QED) is 0.654. The lowest BCUT2D eigenvalue weighted by Gasteiger charge is -2.07. The van der Waals surface area contributed by atoms with Gasteiger partial charge < -0.3 is 5.11 Å². The molecule has 9 heteroatoms. The van der Waals surface area contributed by atoms with Crippen molar-refractivity contribution in [1.82, 2.24) is 9.13 Å². The van der Waals surface area contributed by atoms with Crippen molar-refractivity contribution in [1.29, 1.82) is 0 Å². The number of hydrogen-bond acceptors (Lipinski definition) is 5. The van der Waals surface area contributed by atoms with Crippen molar-refractivity contribution in [3.05, 3.63) is 54.6 Å². The van der Waals surface area contributed by atoms with E-state index < -0.39 is 17.1 Å². The number of hydrogen-bond donors (Lipinski definition) is 2. The summed E-state index contributed by atoms with van der Waals surface area (Å²) in [5.74, 6) is -0.476. The van der Waals surface area contributed by atoms with Crippen LogP contribution in [0.25, 0.3) is 0 Å². The Morgan fingerprint density at radius 3 is 2.59 bits per heavy atom. The maximum Gasteiger partial charge on any atom is 0.333 e. The lowest BCUT2D eigenvalue weighted by atomic mass is 10.3. The molecule has 1 aromatic heterocycles. The van der Waals surface area contributed by atoms with Crippen LogP contribution in [0.3, 0.4) is 0 Å². The highest BCUT2D eigenvalue weighted by Crippen LogP contribution is 2.25. The van der Waals surface area contributed by atoms with Crippen LogP contribution in [0.1, 0.15) is 5.56 Å². The molecule has 116 valence electrons. The van der Waals surface area contributed by atoms with E-state index in [0.717, 1.165) is 15.3 Å². The summed E-state index contributed by atoms with van der Waals surface area (Å²) >= 11 is 11.8. The van der Waals surface area contributed by atoms with Gasteiger partial charge in [-0.3, -0.25) is 19.4 Å². The number of benzene rings is 1. The summed E-state index contributed by atoms with van der Waals surface area (Å²) in [6.45, 7) is 0. The summed E-state index contributed by atoms with van der Waals surface area (Å²) in [4.78, 5) is 23.6. The Hall–Kier alpha value is -2.25. The van der Waals surface area contributed by atoms with Gasteiger partial charge in [-0.1, -0.05) is 23.2 Å². The van der Waals surface area contributed by atoms with Crippen molar-refractivity contribution < 1.29 is 5.11 Å². The fourth-order valence-corrected chi connectivity index (χ4v) is 2.05. The normalized spacial score (nSPS) is 11.1. The molecule has 0 unspecified atom stereocenters. The zero-order chi connectivity index (χ0) is 16.4. The molecule has 0 saturated carbocycles. The van der Waals surface area contributed by atoms with E-state index in [1.165, 1.54) is 14.1 Å². The molecular weight excluding hydrogens is 331 g/mol. The lowest BCUT2D eigenvalue weighted by molar-refractivity contribution is 0.410. The highest BCUT2D eigenvalue weighted by molar-refractivity contribution is 6.35. The zero-order valence-corrected chi connectivity index (χ0v) is 13.2. The third-order valence-corrected chi connectivity index (χ3v) is 3.54. The molecule has 1 aromatic carbocycles. The smallest absolute Gasteiger partial charge is 0.333 e. The average Bonchev–Trinajstić information content (AvgIpc) is 2.50. The first-order valence-corrected chi connectivity index (χ1v) is 6.81. The van der Waals surface area contributed by atoms with E-state index >= 15 is 0 Å².